The molecule has 2 aliphatic heterocycles. The van der Waals surface area contributed by atoms with Gasteiger partial charge in [0, 0.05) is 30.4 Å². The van der Waals surface area contributed by atoms with Crippen molar-refractivity contribution in [2.24, 2.45) is 4.99 Å². The van der Waals surface area contributed by atoms with E-state index in [1.807, 2.05) is 71.6 Å². The zero-order valence-corrected chi connectivity index (χ0v) is 20.5. The minimum absolute atomic E-state index is 0.213. The van der Waals surface area contributed by atoms with Gasteiger partial charge in [-0.15, -0.1) is 0 Å². The van der Waals surface area contributed by atoms with E-state index in [2.05, 4.69) is 16.8 Å². The van der Waals surface area contributed by atoms with Crippen LogP contribution >= 0.6 is 11.8 Å². The number of hydrogen-bond donors (Lipinski definition) is 0. The third-order valence-corrected chi connectivity index (χ3v) is 6.88. The van der Waals surface area contributed by atoms with E-state index in [-0.39, 0.29) is 5.91 Å². The number of ether oxygens (including phenoxy) is 2. The number of benzene rings is 2. The number of thioether (sulfide) groups is 1. The number of aliphatic imine (C=N–C) groups is 1. The Labute approximate surface area is 209 Å². The lowest BCUT2D eigenvalue weighted by Crippen LogP contribution is -2.38. The van der Waals surface area contributed by atoms with Crippen molar-refractivity contribution < 1.29 is 14.3 Å². The molecule has 3 heterocycles. The fraction of sp³-hybridized carbons (Fsp3) is 0.296. The standard InChI is InChI=1S/C27H28N4O3S/c1-2-3-15-34-23-11-9-20(10-12-23)25-21(19-31(29-25)22-7-5-4-6-8-22)18-24-26(32)28-27(35-24)30-13-16-33-17-14-30/h4-12,18-19H,2-3,13-17H2,1H3/b24-18+. The molecule has 2 aliphatic rings. The Morgan fingerprint density at radius 2 is 1.86 bits per heavy atom. The summed E-state index contributed by atoms with van der Waals surface area (Å²) in [5, 5.41) is 5.62. The largest absolute Gasteiger partial charge is 0.494 e. The second-order valence-electron chi connectivity index (χ2n) is 8.35. The summed E-state index contributed by atoms with van der Waals surface area (Å²) in [5.74, 6) is 0.629. The van der Waals surface area contributed by atoms with Crippen LogP contribution in [0.3, 0.4) is 0 Å². The summed E-state index contributed by atoms with van der Waals surface area (Å²) in [6.45, 7) is 5.65. The quantitative estimate of drug-likeness (QED) is 0.344. The summed E-state index contributed by atoms with van der Waals surface area (Å²) in [4.78, 5) is 19.8. The topological polar surface area (TPSA) is 68.9 Å². The van der Waals surface area contributed by atoms with Crippen molar-refractivity contribution in [2.75, 3.05) is 32.9 Å². The highest BCUT2D eigenvalue weighted by Crippen LogP contribution is 2.34. The van der Waals surface area contributed by atoms with E-state index in [9.17, 15) is 4.79 Å². The Morgan fingerprint density at radius 1 is 1.09 bits per heavy atom. The zero-order valence-electron chi connectivity index (χ0n) is 19.7. The smallest absolute Gasteiger partial charge is 0.286 e. The second kappa shape index (κ2) is 10.9. The van der Waals surface area contributed by atoms with E-state index in [4.69, 9.17) is 14.6 Å². The van der Waals surface area contributed by atoms with E-state index < -0.39 is 0 Å². The molecule has 0 radical (unpaired) electrons. The van der Waals surface area contributed by atoms with Crippen LogP contribution < -0.4 is 4.74 Å². The molecule has 3 aromatic rings. The van der Waals surface area contributed by atoms with Crippen molar-refractivity contribution in [3.63, 3.8) is 0 Å². The molecule has 1 amide bonds. The van der Waals surface area contributed by atoms with Crippen molar-refractivity contribution in [1.82, 2.24) is 14.7 Å². The Hall–Kier alpha value is -3.36. The van der Waals surface area contributed by atoms with E-state index in [1.54, 1.807) is 0 Å². The number of unbranched alkanes of at least 4 members (excludes halogenated alkanes) is 1. The van der Waals surface area contributed by atoms with Crippen LogP contribution in [0.1, 0.15) is 25.3 Å². The van der Waals surface area contributed by atoms with Crippen molar-refractivity contribution >= 4 is 28.9 Å². The highest BCUT2D eigenvalue weighted by atomic mass is 32.2. The number of carbonyl (C=O) groups excluding carboxylic acids is 1. The SMILES string of the molecule is CCCCOc1ccc(-c2nn(-c3ccccc3)cc2/C=C2/SC(N3CCOCC3)=NC2=O)cc1. The molecule has 0 atom stereocenters. The van der Waals surface area contributed by atoms with Gasteiger partial charge in [-0.3, -0.25) is 4.79 Å². The summed E-state index contributed by atoms with van der Waals surface area (Å²) >= 11 is 1.42. The highest BCUT2D eigenvalue weighted by molar-refractivity contribution is 8.18. The van der Waals surface area contributed by atoms with E-state index >= 15 is 0 Å². The Balaban J connectivity index is 1.45. The predicted octanol–water partition coefficient (Wildman–Crippen LogP) is 5.02. The van der Waals surface area contributed by atoms with E-state index in [0.717, 1.165) is 59.4 Å². The molecule has 0 aliphatic carbocycles. The number of nitrogens with zero attached hydrogens (tertiary/aromatic N) is 4. The van der Waals surface area contributed by atoms with Crippen LogP contribution in [-0.2, 0) is 9.53 Å². The lowest BCUT2D eigenvalue weighted by molar-refractivity contribution is -0.113. The van der Waals surface area contributed by atoms with Gasteiger partial charge < -0.3 is 14.4 Å². The first-order valence-electron chi connectivity index (χ1n) is 11.9. The molecule has 0 unspecified atom stereocenters. The molecular formula is C27H28N4O3S. The van der Waals surface area contributed by atoms with Gasteiger partial charge in [0.2, 0.25) is 0 Å². The molecule has 2 aromatic carbocycles. The van der Waals surface area contributed by atoms with Gasteiger partial charge in [0.1, 0.15) is 5.75 Å². The minimum Gasteiger partial charge on any atom is -0.494 e. The van der Waals surface area contributed by atoms with E-state index in [0.29, 0.717) is 24.7 Å². The number of morpholine rings is 1. The molecular weight excluding hydrogens is 460 g/mol. The first-order chi connectivity index (χ1) is 17.2. The van der Waals surface area contributed by atoms with Crippen molar-refractivity contribution in [3.8, 4) is 22.7 Å². The first-order valence-corrected chi connectivity index (χ1v) is 12.8. The molecule has 1 aromatic heterocycles. The number of amidine groups is 1. The van der Waals surface area contributed by atoms with Gasteiger partial charge in [-0.1, -0.05) is 31.5 Å². The molecule has 0 spiro atoms. The van der Waals surface area contributed by atoms with Gasteiger partial charge in [0.25, 0.3) is 5.91 Å². The van der Waals surface area contributed by atoms with Crippen molar-refractivity contribution in [2.45, 2.75) is 19.8 Å². The van der Waals surface area contributed by atoms with Crippen LogP contribution in [0.5, 0.6) is 5.75 Å². The maximum absolute atomic E-state index is 12.7. The predicted molar refractivity (Wildman–Crippen MR) is 140 cm³/mol. The van der Waals surface area contributed by atoms with Crippen LogP contribution in [0.2, 0.25) is 0 Å². The van der Waals surface area contributed by atoms with Gasteiger partial charge in [0.15, 0.2) is 5.17 Å². The number of aromatic nitrogens is 2. The third kappa shape index (κ3) is 5.49. The van der Waals surface area contributed by atoms with Crippen LogP contribution in [0.4, 0.5) is 0 Å². The highest BCUT2D eigenvalue weighted by Gasteiger charge is 2.28. The van der Waals surface area contributed by atoms with Gasteiger partial charge in [0.05, 0.1) is 36.1 Å². The van der Waals surface area contributed by atoms with Gasteiger partial charge in [-0.05, 0) is 60.7 Å². The average Bonchev–Trinajstić information content (AvgIpc) is 3.49. The summed E-state index contributed by atoms with van der Waals surface area (Å²) in [6, 6.07) is 17.9. The number of hydrogen-bond acceptors (Lipinski definition) is 6. The zero-order chi connectivity index (χ0) is 24.0. The minimum atomic E-state index is -0.213. The molecule has 180 valence electrons. The number of rotatable bonds is 7. The fourth-order valence-electron chi connectivity index (χ4n) is 3.90. The maximum atomic E-state index is 12.7. The molecule has 0 N–H and O–H groups in total. The molecule has 1 fully saturated rings. The van der Waals surface area contributed by atoms with Crippen molar-refractivity contribution in [1.29, 1.82) is 0 Å². The Kier molecular flexibility index (Phi) is 7.30. The van der Waals surface area contributed by atoms with Gasteiger partial charge >= 0.3 is 0 Å². The molecule has 8 heteroatoms. The molecule has 5 rings (SSSR count). The molecule has 1 saturated heterocycles. The average molecular weight is 489 g/mol. The lowest BCUT2D eigenvalue weighted by atomic mass is 10.1. The second-order valence-corrected chi connectivity index (χ2v) is 9.36. The number of para-hydroxylation sites is 1. The first kappa shape index (κ1) is 23.4. The molecule has 7 nitrogen and oxygen atoms in total. The van der Waals surface area contributed by atoms with Gasteiger partial charge in [-0.25, -0.2) is 4.68 Å². The fourth-order valence-corrected chi connectivity index (χ4v) is 4.86. The number of amides is 1. The summed E-state index contributed by atoms with van der Waals surface area (Å²) in [6.07, 6.45) is 5.99. The molecule has 0 saturated carbocycles. The monoisotopic (exact) mass is 488 g/mol. The lowest BCUT2D eigenvalue weighted by Gasteiger charge is -2.27. The van der Waals surface area contributed by atoms with E-state index in [1.165, 1.54) is 11.8 Å². The van der Waals surface area contributed by atoms with Crippen LogP contribution in [0.25, 0.3) is 23.0 Å². The number of carbonyl (C=O) groups is 1. The normalized spacial score (nSPS) is 17.2. The maximum Gasteiger partial charge on any atom is 0.286 e. The Bertz CT molecular complexity index is 1230. The van der Waals surface area contributed by atoms with Crippen LogP contribution in [0, 0.1) is 0 Å². The summed E-state index contributed by atoms with van der Waals surface area (Å²) in [7, 11) is 0. The Morgan fingerprint density at radius 3 is 2.60 bits per heavy atom. The molecule has 35 heavy (non-hydrogen) atoms. The molecule has 0 bridgehead atoms. The summed E-state index contributed by atoms with van der Waals surface area (Å²) in [5.41, 5.74) is 3.57. The summed E-state index contributed by atoms with van der Waals surface area (Å²) < 4.78 is 13.1. The van der Waals surface area contributed by atoms with Crippen molar-refractivity contribution in [3.05, 3.63) is 71.3 Å². The third-order valence-electron chi connectivity index (χ3n) is 5.84. The van der Waals surface area contributed by atoms with Gasteiger partial charge in [-0.2, -0.15) is 10.1 Å². The van der Waals surface area contributed by atoms with Crippen LogP contribution in [-0.4, -0.2) is 58.7 Å². The van der Waals surface area contributed by atoms with Crippen LogP contribution in [0.15, 0.2) is 70.7 Å².